The SMILES string of the molecule is Nc1nnc2nc(-c3ccc(Cl)cc3Cl)cnn12. The Labute approximate surface area is 111 Å². The van der Waals surface area contributed by atoms with E-state index in [4.69, 9.17) is 28.9 Å². The van der Waals surface area contributed by atoms with E-state index in [-0.39, 0.29) is 5.95 Å². The van der Waals surface area contributed by atoms with Crippen molar-refractivity contribution in [2.45, 2.75) is 0 Å². The highest BCUT2D eigenvalue weighted by Crippen LogP contribution is 2.28. The molecule has 0 aliphatic rings. The largest absolute Gasteiger partial charge is 0.366 e. The number of benzene rings is 1. The molecule has 3 aromatic rings. The molecule has 0 saturated heterocycles. The van der Waals surface area contributed by atoms with Crippen molar-refractivity contribution in [1.82, 2.24) is 24.8 Å². The van der Waals surface area contributed by atoms with Crippen LogP contribution in [0.15, 0.2) is 24.4 Å². The van der Waals surface area contributed by atoms with Gasteiger partial charge in [-0.15, -0.1) is 10.2 Å². The molecule has 0 atom stereocenters. The number of nitrogen functional groups attached to an aromatic ring is 1. The molecule has 2 aromatic heterocycles. The third-order valence-corrected chi connectivity index (χ3v) is 2.92. The van der Waals surface area contributed by atoms with Crippen LogP contribution in [0.5, 0.6) is 0 Å². The lowest BCUT2D eigenvalue weighted by molar-refractivity contribution is 0.913. The average Bonchev–Trinajstić information content (AvgIpc) is 2.71. The van der Waals surface area contributed by atoms with E-state index in [1.54, 1.807) is 24.4 Å². The van der Waals surface area contributed by atoms with Gasteiger partial charge >= 0.3 is 0 Å². The van der Waals surface area contributed by atoms with E-state index < -0.39 is 0 Å². The Morgan fingerprint density at radius 3 is 2.78 bits per heavy atom. The number of halogens is 2. The summed E-state index contributed by atoms with van der Waals surface area (Å²) in [6.07, 6.45) is 1.54. The molecule has 1 aromatic carbocycles. The van der Waals surface area contributed by atoms with Crippen LogP contribution in [0.1, 0.15) is 0 Å². The van der Waals surface area contributed by atoms with Crippen molar-refractivity contribution in [3.63, 3.8) is 0 Å². The first-order chi connectivity index (χ1) is 8.65. The quantitative estimate of drug-likeness (QED) is 0.738. The number of hydrogen-bond acceptors (Lipinski definition) is 5. The van der Waals surface area contributed by atoms with Gasteiger partial charge in [0.15, 0.2) is 0 Å². The first-order valence-corrected chi connectivity index (χ1v) is 5.70. The highest BCUT2D eigenvalue weighted by molar-refractivity contribution is 6.36. The van der Waals surface area contributed by atoms with Crippen molar-refractivity contribution < 1.29 is 0 Å². The Morgan fingerprint density at radius 2 is 2.00 bits per heavy atom. The van der Waals surface area contributed by atoms with Gasteiger partial charge in [0.2, 0.25) is 5.95 Å². The summed E-state index contributed by atoms with van der Waals surface area (Å²) in [7, 11) is 0. The van der Waals surface area contributed by atoms with Gasteiger partial charge in [0, 0.05) is 10.6 Å². The number of aromatic nitrogens is 5. The van der Waals surface area contributed by atoms with Crippen LogP contribution in [0.3, 0.4) is 0 Å². The third-order valence-electron chi connectivity index (χ3n) is 2.37. The van der Waals surface area contributed by atoms with Gasteiger partial charge in [0.1, 0.15) is 0 Å². The van der Waals surface area contributed by atoms with Crippen molar-refractivity contribution in [2.75, 3.05) is 5.73 Å². The van der Waals surface area contributed by atoms with E-state index >= 15 is 0 Å². The summed E-state index contributed by atoms with van der Waals surface area (Å²) >= 11 is 11.9. The zero-order valence-corrected chi connectivity index (χ0v) is 10.4. The van der Waals surface area contributed by atoms with Crippen molar-refractivity contribution in [3.8, 4) is 11.3 Å². The smallest absolute Gasteiger partial charge is 0.274 e. The van der Waals surface area contributed by atoms with Crippen LogP contribution in [-0.4, -0.2) is 24.8 Å². The minimum atomic E-state index is 0.186. The standard InChI is InChI=1S/C10H6Cl2N6/c11-5-1-2-6(7(12)3-5)8-4-14-18-9(13)16-17-10(18)15-8/h1-4H,(H2,13,16). The molecule has 0 bridgehead atoms. The zero-order chi connectivity index (χ0) is 12.7. The molecular formula is C10H6Cl2N6. The number of hydrogen-bond donors (Lipinski definition) is 1. The van der Waals surface area contributed by atoms with Crippen molar-refractivity contribution in [3.05, 3.63) is 34.4 Å². The maximum absolute atomic E-state index is 6.10. The van der Waals surface area contributed by atoms with E-state index in [9.17, 15) is 0 Å². The molecule has 90 valence electrons. The maximum atomic E-state index is 6.10. The minimum absolute atomic E-state index is 0.186. The molecule has 0 fully saturated rings. The predicted octanol–water partition coefficient (Wildman–Crippen LogP) is 2.08. The molecule has 3 rings (SSSR count). The molecule has 6 nitrogen and oxygen atoms in total. The molecule has 18 heavy (non-hydrogen) atoms. The van der Waals surface area contributed by atoms with E-state index in [1.807, 2.05) is 0 Å². The summed E-state index contributed by atoms with van der Waals surface area (Å²) in [6.45, 7) is 0. The Bertz CT molecular complexity index is 738. The monoisotopic (exact) mass is 280 g/mol. The Hall–Kier alpha value is -1.92. The Morgan fingerprint density at radius 1 is 1.17 bits per heavy atom. The maximum Gasteiger partial charge on any atom is 0.274 e. The number of rotatable bonds is 1. The van der Waals surface area contributed by atoms with E-state index in [2.05, 4.69) is 20.3 Å². The molecule has 0 radical (unpaired) electrons. The Kier molecular flexibility index (Phi) is 2.53. The summed E-state index contributed by atoms with van der Waals surface area (Å²) in [5.41, 5.74) is 6.86. The average molecular weight is 281 g/mol. The molecule has 0 saturated carbocycles. The lowest BCUT2D eigenvalue weighted by Gasteiger charge is -2.03. The second-order valence-electron chi connectivity index (χ2n) is 3.54. The molecule has 2 N–H and O–H groups in total. The van der Waals surface area contributed by atoms with Gasteiger partial charge in [-0.1, -0.05) is 23.2 Å². The fourth-order valence-corrected chi connectivity index (χ4v) is 2.04. The van der Waals surface area contributed by atoms with Gasteiger partial charge in [-0.05, 0) is 18.2 Å². The third kappa shape index (κ3) is 1.75. The molecule has 8 heteroatoms. The minimum Gasteiger partial charge on any atom is -0.366 e. The Balaban J connectivity index is 2.19. The molecule has 0 spiro atoms. The first kappa shape index (κ1) is 11.2. The second-order valence-corrected chi connectivity index (χ2v) is 4.38. The van der Waals surface area contributed by atoms with Gasteiger partial charge in [-0.3, -0.25) is 0 Å². The zero-order valence-electron chi connectivity index (χ0n) is 8.88. The molecule has 2 heterocycles. The van der Waals surface area contributed by atoms with E-state index in [0.29, 0.717) is 21.5 Å². The fraction of sp³-hybridized carbons (Fsp3) is 0. The highest BCUT2D eigenvalue weighted by atomic mass is 35.5. The van der Waals surface area contributed by atoms with Crippen LogP contribution in [-0.2, 0) is 0 Å². The molecule has 0 aliphatic carbocycles. The summed E-state index contributed by atoms with van der Waals surface area (Å²) in [5.74, 6) is 0.502. The first-order valence-electron chi connectivity index (χ1n) is 4.94. The van der Waals surface area contributed by atoms with Crippen LogP contribution in [0.25, 0.3) is 17.0 Å². The van der Waals surface area contributed by atoms with Crippen LogP contribution >= 0.6 is 23.2 Å². The molecular weight excluding hydrogens is 275 g/mol. The molecule has 0 amide bonds. The van der Waals surface area contributed by atoms with Gasteiger partial charge in [0.05, 0.1) is 16.9 Å². The van der Waals surface area contributed by atoms with Gasteiger partial charge in [-0.25, -0.2) is 4.98 Å². The summed E-state index contributed by atoms with van der Waals surface area (Å²) in [6, 6.07) is 5.14. The number of nitrogens with two attached hydrogens (primary N) is 1. The van der Waals surface area contributed by atoms with Crippen LogP contribution in [0.4, 0.5) is 5.95 Å². The lowest BCUT2D eigenvalue weighted by atomic mass is 10.2. The second kappa shape index (κ2) is 4.08. The van der Waals surface area contributed by atoms with Crippen molar-refractivity contribution >= 4 is 34.9 Å². The van der Waals surface area contributed by atoms with Gasteiger partial charge in [-0.2, -0.15) is 9.61 Å². The van der Waals surface area contributed by atoms with Crippen LogP contribution < -0.4 is 5.73 Å². The topological polar surface area (TPSA) is 82.0 Å². The highest BCUT2D eigenvalue weighted by Gasteiger charge is 2.10. The normalized spacial score (nSPS) is 11.0. The van der Waals surface area contributed by atoms with Gasteiger partial charge in [0.25, 0.3) is 5.78 Å². The molecule has 0 unspecified atom stereocenters. The number of fused-ring (bicyclic) bond motifs is 1. The van der Waals surface area contributed by atoms with Crippen molar-refractivity contribution in [1.29, 1.82) is 0 Å². The fourth-order valence-electron chi connectivity index (χ4n) is 1.54. The van der Waals surface area contributed by atoms with Crippen LogP contribution in [0, 0.1) is 0 Å². The van der Waals surface area contributed by atoms with Crippen LogP contribution in [0.2, 0.25) is 10.0 Å². The predicted molar refractivity (Wildman–Crippen MR) is 68.4 cm³/mol. The van der Waals surface area contributed by atoms with Crippen molar-refractivity contribution in [2.24, 2.45) is 0 Å². The molecule has 0 aliphatic heterocycles. The summed E-state index contributed by atoms with van der Waals surface area (Å²) in [5, 5.41) is 12.6. The number of anilines is 1. The van der Waals surface area contributed by atoms with E-state index in [0.717, 1.165) is 5.56 Å². The van der Waals surface area contributed by atoms with Gasteiger partial charge < -0.3 is 5.73 Å². The van der Waals surface area contributed by atoms with E-state index in [1.165, 1.54) is 4.52 Å². The summed E-state index contributed by atoms with van der Waals surface area (Å²) < 4.78 is 1.34. The summed E-state index contributed by atoms with van der Waals surface area (Å²) in [4.78, 5) is 4.28. The lowest BCUT2D eigenvalue weighted by Crippen LogP contribution is -2.00. The number of nitrogens with zero attached hydrogens (tertiary/aromatic N) is 5.